The summed E-state index contributed by atoms with van der Waals surface area (Å²) >= 11 is 0. The summed E-state index contributed by atoms with van der Waals surface area (Å²) in [6.45, 7) is 3.75. The van der Waals surface area contributed by atoms with Gasteiger partial charge in [-0.3, -0.25) is 9.29 Å². The smallest absolute Gasteiger partial charge is 0.295 e. The van der Waals surface area contributed by atoms with Crippen LogP contribution >= 0.6 is 0 Å². The molecule has 0 saturated carbocycles. The van der Waals surface area contributed by atoms with Crippen molar-refractivity contribution >= 4 is 17.2 Å². The number of hydrogen-bond acceptors (Lipinski definition) is 1. The molecule has 1 aliphatic heterocycles. The van der Waals surface area contributed by atoms with E-state index in [1.165, 1.54) is 11.1 Å². The SMILES string of the molecule is Cc1cccc(C2=C(c3ccc(C=C4CN(CCCF)C4)cc3)c3ccccc3CCC2)c1C(F)(F)F. The van der Waals surface area contributed by atoms with E-state index in [0.717, 1.165) is 60.3 Å². The van der Waals surface area contributed by atoms with Crippen LogP contribution in [0.5, 0.6) is 0 Å². The number of aryl methyl sites for hydroxylation is 2. The van der Waals surface area contributed by atoms with Crippen LogP contribution in [0.2, 0.25) is 0 Å². The third kappa shape index (κ3) is 5.42. The van der Waals surface area contributed by atoms with E-state index in [1.807, 2.05) is 42.5 Å². The van der Waals surface area contributed by atoms with E-state index in [-0.39, 0.29) is 17.8 Å². The Balaban J connectivity index is 1.58. The summed E-state index contributed by atoms with van der Waals surface area (Å²) in [6, 6.07) is 21.1. The van der Waals surface area contributed by atoms with Crippen LogP contribution in [-0.2, 0) is 12.6 Å². The highest BCUT2D eigenvalue weighted by Crippen LogP contribution is 2.44. The van der Waals surface area contributed by atoms with Gasteiger partial charge < -0.3 is 0 Å². The molecule has 3 aromatic carbocycles. The molecule has 3 aromatic rings. The summed E-state index contributed by atoms with van der Waals surface area (Å²) in [5.41, 5.74) is 7.14. The Hall–Kier alpha value is -3.18. The first-order chi connectivity index (χ1) is 17.8. The third-order valence-corrected chi connectivity index (χ3v) is 7.37. The molecule has 0 spiro atoms. The van der Waals surface area contributed by atoms with Crippen molar-refractivity contribution in [1.29, 1.82) is 0 Å². The lowest BCUT2D eigenvalue weighted by Crippen LogP contribution is -2.40. The predicted molar refractivity (Wildman–Crippen MR) is 143 cm³/mol. The number of alkyl halides is 4. The van der Waals surface area contributed by atoms with Crippen LogP contribution in [0.3, 0.4) is 0 Å². The van der Waals surface area contributed by atoms with E-state index in [1.54, 1.807) is 25.1 Å². The second-order valence-corrected chi connectivity index (χ2v) is 10.0. The molecule has 0 aromatic heterocycles. The predicted octanol–water partition coefficient (Wildman–Crippen LogP) is 8.37. The number of rotatable bonds is 6. The largest absolute Gasteiger partial charge is 0.417 e. The molecule has 1 fully saturated rings. The summed E-state index contributed by atoms with van der Waals surface area (Å²) in [5.74, 6) is 0. The lowest BCUT2D eigenvalue weighted by atomic mass is 9.85. The molecule has 1 aliphatic carbocycles. The van der Waals surface area contributed by atoms with E-state index >= 15 is 0 Å². The van der Waals surface area contributed by atoms with E-state index in [4.69, 9.17) is 0 Å². The van der Waals surface area contributed by atoms with Crippen molar-refractivity contribution in [2.75, 3.05) is 26.3 Å². The summed E-state index contributed by atoms with van der Waals surface area (Å²) in [5, 5.41) is 0. The van der Waals surface area contributed by atoms with Crippen molar-refractivity contribution in [2.45, 2.75) is 38.8 Å². The minimum Gasteiger partial charge on any atom is -0.295 e. The highest BCUT2D eigenvalue weighted by molar-refractivity contribution is 6.00. The fraction of sp³-hybridized carbons (Fsp3) is 0.312. The Morgan fingerprint density at radius 3 is 2.32 bits per heavy atom. The molecule has 1 heterocycles. The van der Waals surface area contributed by atoms with Gasteiger partial charge in [-0.2, -0.15) is 13.2 Å². The first kappa shape index (κ1) is 25.5. The van der Waals surface area contributed by atoms with Crippen LogP contribution in [0.25, 0.3) is 17.2 Å². The molecule has 37 heavy (non-hydrogen) atoms. The van der Waals surface area contributed by atoms with Crippen LogP contribution in [0.1, 0.15) is 58.2 Å². The number of likely N-dealkylation sites (tertiary alicyclic amines) is 1. The lowest BCUT2D eigenvalue weighted by Gasteiger charge is -2.33. The van der Waals surface area contributed by atoms with Gasteiger partial charge in [-0.15, -0.1) is 0 Å². The van der Waals surface area contributed by atoms with Gasteiger partial charge in [0, 0.05) is 19.6 Å². The number of benzene rings is 3. The summed E-state index contributed by atoms with van der Waals surface area (Å²) in [7, 11) is 0. The Morgan fingerprint density at radius 2 is 1.59 bits per heavy atom. The summed E-state index contributed by atoms with van der Waals surface area (Å²) in [4.78, 5) is 2.22. The average Bonchev–Trinajstić information content (AvgIpc) is 3.04. The van der Waals surface area contributed by atoms with Crippen molar-refractivity contribution < 1.29 is 17.6 Å². The Kier molecular flexibility index (Phi) is 7.34. The average molecular weight is 506 g/mol. The summed E-state index contributed by atoms with van der Waals surface area (Å²) in [6.07, 6.45) is 0.508. The van der Waals surface area contributed by atoms with E-state index in [9.17, 15) is 17.6 Å². The van der Waals surface area contributed by atoms with Gasteiger partial charge in [0.2, 0.25) is 0 Å². The Labute approximate surface area is 216 Å². The van der Waals surface area contributed by atoms with Gasteiger partial charge in [0.1, 0.15) is 0 Å². The molecular weight excluding hydrogens is 474 g/mol. The summed E-state index contributed by atoms with van der Waals surface area (Å²) < 4.78 is 55.2. The number of nitrogens with zero attached hydrogens (tertiary/aromatic N) is 1. The van der Waals surface area contributed by atoms with Crippen LogP contribution < -0.4 is 0 Å². The fourth-order valence-corrected chi connectivity index (χ4v) is 5.66. The molecule has 0 radical (unpaired) electrons. The molecular formula is C32H31F4N. The normalized spacial score (nSPS) is 16.3. The van der Waals surface area contributed by atoms with Crippen LogP contribution in [0, 0.1) is 6.92 Å². The maximum Gasteiger partial charge on any atom is 0.417 e. The standard InChI is InChI=1S/C32H31F4N/c1-22-7-4-12-29(31(22)32(34,35)36)28-11-5-9-25-8-2-3-10-27(25)30(28)26-15-13-23(14-16-26)19-24-20-37(21-24)18-6-17-33/h2-4,7-8,10,12-16,19H,5-6,9,11,17-18,20-21H2,1H3. The van der Waals surface area contributed by atoms with Crippen molar-refractivity contribution in [1.82, 2.24) is 4.90 Å². The molecule has 5 rings (SSSR count). The zero-order chi connectivity index (χ0) is 26.0. The number of fused-ring (bicyclic) bond motifs is 1. The fourth-order valence-electron chi connectivity index (χ4n) is 5.66. The topological polar surface area (TPSA) is 3.24 Å². The highest BCUT2D eigenvalue weighted by Gasteiger charge is 2.36. The number of hydrogen-bond donors (Lipinski definition) is 0. The molecule has 0 atom stereocenters. The van der Waals surface area contributed by atoms with Crippen molar-refractivity contribution in [3.8, 4) is 0 Å². The maximum atomic E-state index is 14.2. The molecule has 0 bridgehead atoms. The minimum atomic E-state index is -4.43. The van der Waals surface area contributed by atoms with Gasteiger partial charge in [-0.1, -0.05) is 72.8 Å². The van der Waals surface area contributed by atoms with Gasteiger partial charge >= 0.3 is 6.18 Å². The van der Waals surface area contributed by atoms with Crippen LogP contribution in [0.4, 0.5) is 17.6 Å². The molecule has 2 aliphatic rings. The molecule has 0 amide bonds. The monoisotopic (exact) mass is 505 g/mol. The molecule has 5 heteroatoms. The van der Waals surface area contributed by atoms with Crippen molar-refractivity contribution in [3.63, 3.8) is 0 Å². The van der Waals surface area contributed by atoms with Gasteiger partial charge in [0.15, 0.2) is 0 Å². The molecule has 1 saturated heterocycles. The van der Waals surface area contributed by atoms with E-state index < -0.39 is 11.7 Å². The first-order valence-electron chi connectivity index (χ1n) is 12.9. The minimum absolute atomic E-state index is 0.248. The Bertz CT molecular complexity index is 1320. The molecule has 192 valence electrons. The molecule has 0 unspecified atom stereocenters. The molecule has 1 nitrogen and oxygen atoms in total. The Morgan fingerprint density at radius 1 is 0.865 bits per heavy atom. The third-order valence-electron chi connectivity index (χ3n) is 7.37. The maximum absolute atomic E-state index is 14.2. The lowest BCUT2D eigenvalue weighted by molar-refractivity contribution is -0.138. The van der Waals surface area contributed by atoms with E-state index in [0.29, 0.717) is 12.8 Å². The first-order valence-corrected chi connectivity index (χ1v) is 12.9. The van der Waals surface area contributed by atoms with Gasteiger partial charge in [-0.05, 0) is 82.7 Å². The zero-order valence-corrected chi connectivity index (χ0v) is 21.0. The number of allylic oxidation sites excluding steroid dienone is 1. The van der Waals surface area contributed by atoms with Crippen LogP contribution in [-0.4, -0.2) is 31.2 Å². The van der Waals surface area contributed by atoms with Crippen molar-refractivity contribution in [3.05, 3.63) is 111 Å². The molecule has 0 N–H and O–H groups in total. The quantitative estimate of drug-likeness (QED) is 0.304. The zero-order valence-electron chi connectivity index (χ0n) is 21.0. The van der Waals surface area contributed by atoms with Crippen LogP contribution in [0.15, 0.2) is 72.3 Å². The van der Waals surface area contributed by atoms with Gasteiger partial charge in [0.25, 0.3) is 0 Å². The second-order valence-electron chi connectivity index (χ2n) is 10.0. The van der Waals surface area contributed by atoms with Gasteiger partial charge in [-0.25, -0.2) is 0 Å². The van der Waals surface area contributed by atoms with E-state index in [2.05, 4.69) is 17.0 Å². The van der Waals surface area contributed by atoms with Gasteiger partial charge in [0.05, 0.1) is 12.2 Å². The second kappa shape index (κ2) is 10.7. The van der Waals surface area contributed by atoms with Crippen molar-refractivity contribution in [2.24, 2.45) is 0 Å². The number of halogens is 4. The highest BCUT2D eigenvalue weighted by atomic mass is 19.4.